The smallest absolute Gasteiger partial charge is 0.329 e. The molecule has 0 radical (unpaired) electrons. The van der Waals surface area contributed by atoms with Gasteiger partial charge in [0.2, 0.25) is 0 Å². The highest BCUT2D eigenvalue weighted by atomic mass is 32.1. The highest BCUT2D eigenvalue weighted by Crippen LogP contribution is 2.33. The third kappa shape index (κ3) is 4.69. The predicted molar refractivity (Wildman–Crippen MR) is 127 cm³/mol. The van der Waals surface area contributed by atoms with Gasteiger partial charge in [-0.15, -0.1) is 11.3 Å². The van der Waals surface area contributed by atoms with Crippen LogP contribution in [0.1, 0.15) is 48.4 Å². The lowest BCUT2D eigenvalue weighted by atomic mass is 9.94. The fraction of sp³-hybridized carbons (Fsp3) is 0.391. The van der Waals surface area contributed by atoms with Gasteiger partial charge in [0.25, 0.3) is 0 Å². The minimum absolute atomic E-state index is 0.0529. The standard InChI is InChI=1S/C23H28N6OS/c1-14-9-10-17(13-25-14)20-12-11-19(24)21(27-20)29(18-7-5-4-6-8-18)23(30)28-22-26-15(2)16(3)31-22/h9-13,18H,4-8,24H2,1-3H3,(H,26,28,30). The molecular weight excluding hydrogens is 408 g/mol. The van der Waals surface area contributed by atoms with Crippen LogP contribution in [0.25, 0.3) is 11.3 Å². The van der Waals surface area contributed by atoms with E-state index in [4.69, 9.17) is 10.7 Å². The predicted octanol–water partition coefficient (Wildman–Crippen LogP) is 5.48. The van der Waals surface area contributed by atoms with Crippen LogP contribution in [0.2, 0.25) is 0 Å². The van der Waals surface area contributed by atoms with E-state index in [2.05, 4.69) is 15.3 Å². The molecule has 3 heterocycles. The Labute approximate surface area is 186 Å². The average Bonchev–Trinajstić information content (AvgIpc) is 3.07. The largest absolute Gasteiger partial charge is 0.396 e. The number of aryl methyl sites for hydroxylation is 3. The van der Waals surface area contributed by atoms with Crippen molar-refractivity contribution in [2.45, 2.75) is 58.9 Å². The molecule has 8 heteroatoms. The van der Waals surface area contributed by atoms with Gasteiger partial charge in [0.1, 0.15) is 0 Å². The van der Waals surface area contributed by atoms with Crippen LogP contribution in [0.3, 0.4) is 0 Å². The normalized spacial score (nSPS) is 14.4. The number of hydrogen-bond donors (Lipinski definition) is 2. The number of amides is 2. The molecule has 4 rings (SSSR count). The Hall–Kier alpha value is -3.00. The number of carbonyl (C=O) groups excluding carboxylic acids is 1. The number of pyridine rings is 2. The summed E-state index contributed by atoms with van der Waals surface area (Å²) >= 11 is 1.48. The number of rotatable bonds is 4. The molecule has 0 spiro atoms. The molecule has 0 bridgehead atoms. The van der Waals surface area contributed by atoms with Gasteiger partial charge in [0, 0.05) is 28.4 Å². The number of hydrogen-bond acceptors (Lipinski definition) is 6. The van der Waals surface area contributed by atoms with E-state index >= 15 is 0 Å². The summed E-state index contributed by atoms with van der Waals surface area (Å²) in [5.41, 5.74) is 10.3. The topological polar surface area (TPSA) is 97.0 Å². The van der Waals surface area contributed by atoms with E-state index in [0.29, 0.717) is 16.6 Å². The highest BCUT2D eigenvalue weighted by molar-refractivity contribution is 7.15. The number of anilines is 3. The van der Waals surface area contributed by atoms with Crippen molar-refractivity contribution >= 4 is 34.0 Å². The number of carbonyl (C=O) groups is 1. The molecule has 1 aliphatic carbocycles. The van der Waals surface area contributed by atoms with E-state index in [1.807, 2.05) is 45.0 Å². The second-order valence-corrected chi connectivity index (χ2v) is 9.25. The van der Waals surface area contributed by atoms with Crippen molar-refractivity contribution in [3.05, 3.63) is 46.7 Å². The number of nitrogens with two attached hydrogens (primary N) is 1. The molecule has 3 aromatic heterocycles. The lowest BCUT2D eigenvalue weighted by molar-refractivity contribution is 0.252. The van der Waals surface area contributed by atoms with Gasteiger partial charge < -0.3 is 5.73 Å². The lowest BCUT2D eigenvalue weighted by Crippen LogP contribution is -2.45. The van der Waals surface area contributed by atoms with Gasteiger partial charge in [-0.3, -0.25) is 15.2 Å². The first-order valence-electron chi connectivity index (χ1n) is 10.7. The molecule has 1 fully saturated rings. The zero-order chi connectivity index (χ0) is 22.0. The summed E-state index contributed by atoms with van der Waals surface area (Å²) in [5, 5.41) is 3.58. The van der Waals surface area contributed by atoms with Gasteiger partial charge in [-0.2, -0.15) is 0 Å². The molecule has 0 aromatic carbocycles. The Kier molecular flexibility index (Phi) is 6.18. The summed E-state index contributed by atoms with van der Waals surface area (Å²) < 4.78 is 0. The summed E-state index contributed by atoms with van der Waals surface area (Å²) in [5.74, 6) is 0.493. The van der Waals surface area contributed by atoms with Gasteiger partial charge >= 0.3 is 6.03 Å². The number of urea groups is 1. The fourth-order valence-electron chi connectivity index (χ4n) is 3.88. The van der Waals surface area contributed by atoms with Crippen molar-refractivity contribution in [3.8, 4) is 11.3 Å². The van der Waals surface area contributed by atoms with Gasteiger partial charge in [-0.1, -0.05) is 19.3 Å². The Morgan fingerprint density at radius 3 is 2.52 bits per heavy atom. The number of thiazole rings is 1. The van der Waals surface area contributed by atoms with E-state index < -0.39 is 0 Å². The molecule has 3 N–H and O–H groups in total. The molecule has 0 unspecified atom stereocenters. The number of aromatic nitrogens is 3. The third-order valence-corrected chi connectivity index (χ3v) is 6.73. The zero-order valence-electron chi connectivity index (χ0n) is 18.2. The van der Waals surface area contributed by atoms with E-state index in [-0.39, 0.29) is 12.1 Å². The molecule has 3 aromatic rings. The minimum atomic E-state index is -0.237. The van der Waals surface area contributed by atoms with Crippen LogP contribution < -0.4 is 16.0 Å². The Bertz CT molecular complexity index is 1050. The van der Waals surface area contributed by atoms with Crippen LogP contribution >= 0.6 is 11.3 Å². The molecule has 0 saturated heterocycles. The first-order valence-corrected chi connectivity index (χ1v) is 11.5. The van der Waals surface area contributed by atoms with Crippen molar-refractivity contribution in [3.63, 3.8) is 0 Å². The molecular formula is C23H28N6OS. The molecule has 0 aliphatic heterocycles. The quantitative estimate of drug-likeness (QED) is 0.564. The van der Waals surface area contributed by atoms with Crippen molar-refractivity contribution in [2.75, 3.05) is 16.0 Å². The molecule has 2 amide bonds. The Balaban J connectivity index is 1.71. The number of nitrogens with one attached hydrogen (secondary N) is 1. The lowest BCUT2D eigenvalue weighted by Gasteiger charge is -2.34. The average molecular weight is 437 g/mol. The SMILES string of the molecule is Cc1ccc(-c2ccc(N)c(N(C(=O)Nc3nc(C)c(C)s3)C3CCCCC3)n2)cn1. The third-order valence-electron chi connectivity index (χ3n) is 5.74. The van der Waals surface area contributed by atoms with Crippen molar-refractivity contribution in [1.82, 2.24) is 15.0 Å². The van der Waals surface area contributed by atoms with Crippen LogP contribution in [-0.2, 0) is 0 Å². The summed E-state index contributed by atoms with van der Waals surface area (Å²) in [4.78, 5) is 29.9. The Morgan fingerprint density at radius 2 is 1.87 bits per heavy atom. The van der Waals surface area contributed by atoms with Gasteiger partial charge in [-0.25, -0.2) is 14.8 Å². The first-order chi connectivity index (χ1) is 14.9. The Morgan fingerprint density at radius 1 is 1.10 bits per heavy atom. The summed E-state index contributed by atoms with van der Waals surface area (Å²) in [7, 11) is 0. The summed E-state index contributed by atoms with van der Waals surface area (Å²) in [6.45, 7) is 5.89. The molecule has 1 aliphatic rings. The summed E-state index contributed by atoms with van der Waals surface area (Å²) in [6.07, 6.45) is 7.02. The van der Waals surface area contributed by atoms with Crippen molar-refractivity contribution in [2.24, 2.45) is 0 Å². The van der Waals surface area contributed by atoms with E-state index in [9.17, 15) is 4.79 Å². The van der Waals surface area contributed by atoms with E-state index in [0.717, 1.165) is 53.2 Å². The van der Waals surface area contributed by atoms with Crippen LogP contribution in [0, 0.1) is 20.8 Å². The van der Waals surface area contributed by atoms with Crippen molar-refractivity contribution in [1.29, 1.82) is 0 Å². The molecule has 1 saturated carbocycles. The number of nitrogens with zero attached hydrogens (tertiary/aromatic N) is 4. The number of nitrogen functional groups attached to an aromatic ring is 1. The maximum absolute atomic E-state index is 13.5. The minimum Gasteiger partial charge on any atom is -0.396 e. The van der Waals surface area contributed by atoms with Crippen LogP contribution in [0.15, 0.2) is 30.5 Å². The molecule has 7 nitrogen and oxygen atoms in total. The van der Waals surface area contributed by atoms with Crippen LogP contribution in [-0.4, -0.2) is 27.0 Å². The molecule has 162 valence electrons. The first kappa shape index (κ1) is 21.2. The van der Waals surface area contributed by atoms with Crippen molar-refractivity contribution < 1.29 is 4.79 Å². The van der Waals surface area contributed by atoms with Crippen LogP contribution in [0.5, 0.6) is 0 Å². The summed E-state index contributed by atoms with van der Waals surface area (Å²) in [6, 6.07) is 7.44. The molecule has 0 atom stereocenters. The zero-order valence-corrected chi connectivity index (χ0v) is 19.0. The maximum atomic E-state index is 13.5. The second-order valence-electron chi connectivity index (χ2n) is 8.05. The fourth-order valence-corrected chi connectivity index (χ4v) is 4.69. The monoisotopic (exact) mass is 436 g/mol. The molecule has 31 heavy (non-hydrogen) atoms. The van der Waals surface area contributed by atoms with Crippen LogP contribution in [0.4, 0.5) is 21.4 Å². The van der Waals surface area contributed by atoms with Gasteiger partial charge in [0.15, 0.2) is 10.9 Å². The van der Waals surface area contributed by atoms with E-state index in [1.54, 1.807) is 11.1 Å². The van der Waals surface area contributed by atoms with E-state index in [1.165, 1.54) is 17.8 Å². The maximum Gasteiger partial charge on any atom is 0.329 e. The van der Waals surface area contributed by atoms with Gasteiger partial charge in [0.05, 0.1) is 17.1 Å². The van der Waals surface area contributed by atoms with Gasteiger partial charge in [-0.05, 0) is 57.9 Å². The second kappa shape index (κ2) is 9.01. The highest BCUT2D eigenvalue weighted by Gasteiger charge is 2.30.